The molecule has 0 saturated carbocycles. The molecular formula is C17H27ClO4. The predicted octanol–water partition coefficient (Wildman–Crippen LogP) is 3.98. The Morgan fingerprint density at radius 1 is 1.36 bits per heavy atom. The number of alkyl halides is 1. The minimum absolute atomic E-state index is 0.216. The Kier molecular flexibility index (Phi) is 7.60. The van der Waals surface area contributed by atoms with Gasteiger partial charge in [-0.3, -0.25) is 4.79 Å². The van der Waals surface area contributed by atoms with Crippen molar-refractivity contribution in [3.05, 3.63) is 23.8 Å². The van der Waals surface area contributed by atoms with E-state index in [1.807, 2.05) is 20.8 Å². The van der Waals surface area contributed by atoms with Crippen molar-refractivity contribution in [3.63, 3.8) is 0 Å². The number of esters is 1. The van der Waals surface area contributed by atoms with Gasteiger partial charge in [0.2, 0.25) is 0 Å². The van der Waals surface area contributed by atoms with E-state index in [0.717, 1.165) is 24.0 Å². The van der Waals surface area contributed by atoms with Crippen LogP contribution in [-0.2, 0) is 19.0 Å². The number of hydrogen-bond acceptors (Lipinski definition) is 4. The number of halogens is 1. The first-order chi connectivity index (χ1) is 10.2. The van der Waals surface area contributed by atoms with Crippen LogP contribution in [0, 0.1) is 0 Å². The molecule has 1 aliphatic heterocycles. The number of allylic oxidation sites excluding steroid dienone is 2. The van der Waals surface area contributed by atoms with Crippen molar-refractivity contribution in [1.82, 2.24) is 0 Å². The van der Waals surface area contributed by atoms with Gasteiger partial charge in [-0.25, -0.2) is 0 Å². The molecule has 0 bridgehead atoms. The Hall–Kier alpha value is -0.840. The summed E-state index contributed by atoms with van der Waals surface area (Å²) in [7, 11) is 0. The molecule has 0 amide bonds. The molecule has 0 aliphatic carbocycles. The second-order valence-corrected chi connectivity index (χ2v) is 6.49. The quantitative estimate of drug-likeness (QED) is 0.383. The number of carbonyl (C=O) groups excluding carboxylic acids is 1. The molecule has 0 aromatic rings. The highest BCUT2D eigenvalue weighted by molar-refractivity contribution is 6.22. The number of carbonyl (C=O) groups is 1. The molecule has 0 spiro atoms. The topological polar surface area (TPSA) is 44.8 Å². The van der Waals surface area contributed by atoms with Crippen molar-refractivity contribution in [1.29, 1.82) is 0 Å². The lowest BCUT2D eigenvalue weighted by molar-refractivity contribution is -0.146. The van der Waals surface area contributed by atoms with E-state index in [1.54, 1.807) is 0 Å². The first-order valence-electron chi connectivity index (χ1n) is 7.65. The molecule has 0 N–H and O–H groups in total. The Balaban J connectivity index is 2.60. The summed E-state index contributed by atoms with van der Waals surface area (Å²) in [6, 6.07) is 0. The Labute approximate surface area is 138 Å². The number of hydrogen-bond donors (Lipinski definition) is 0. The van der Waals surface area contributed by atoms with Gasteiger partial charge in [-0.15, -0.1) is 11.6 Å². The number of rotatable bonds is 8. The molecule has 4 nitrogen and oxygen atoms in total. The van der Waals surface area contributed by atoms with E-state index in [4.69, 9.17) is 25.8 Å². The zero-order valence-corrected chi connectivity index (χ0v) is 14.7. The maximum Gasteiger partial charge on any atom is 0.303 e. The summed E-state index contributed by atoms with van der Waals surface area (Å²) in [4.78, 5) is 11.3. The Bertz CT molecular complexity index is 424. The molecule has 0 aromatic heterocycles. The van der Waals surface area contributed by atoms with Crippen LogP contribution in [-0.4, -0.2) is 36.5 Å². The van der Waals surface area contributed by atoms with Gasteiger partial charge in [0.25, 0.3) is 0 Å². The Morgan fingerprint density at radius 2 is 1.95 bits per heavy atom. The molecular weight excluding hydrogens is 304 g/mol. The van der Waals surface area contributed by atoms with Gasteiger partial charge in [0.15, 0.2) is 5.79 Å². The molecule has 1 aliphatic rings. The van der Waals surface area contributed by atoms with E-state index in [9.17, 15) is 4.79 Å². The SMILES string of the molecule is C=C(C)C(Cl)CC(OC(C)=O)/C(C)=C/CCC1(C)OCCO1. The number of ether oxygens (including phenoxy) is 3. The van der Waals surface area contributed by atoms with E-state index < -0.39 is 5.79 Å². The fourth-order valence-corrected chi connectivity index (χ4v) is 2.47. The van der Waals surface area contributed by atoms with Gasteiger partial charge in [-0.05, 0) is 32.8 Å². The third-order valence-electron chi connectivity index (χ3n) is 3.73. The van der Waals surface area contributed by atoms with Crippen LogP contribution >= 0.6 is 11.6 Å². The van der Waals surface area contributed by atoms with Crippen molar-refractivity contribution >= 4 is 17.6 Å². The minimum atomic E-state index is -0.500. The molecule has 0 aromatic carbocycles. The van der Waals surface area contributed by atoms with Crippen LogP contribution in [0.5, 0.6) is 0 Å². The normalized spacial score (nSPS) is 20.5. The van der Waals surface area contributed by atoms with Crippen molar-refractivity contribution < 1.29 is 19.0 Å². The lowest BCUT2D eigenvalue weighted by Gasteiger charge is -2.23. The fraction of sp³-hybridized carbons (Fsp3) is 0.706. The van der Waals surface area contributed by atoms with Crippen LogP contribution in [0.3, 0.4) is 0 Å². The molecule has 1 saturated heterocycles. The van der Waals surface area contributed by atoms with Crippen molar-refractivity contribution in [2.24, 2.45) is 0 Å². The zero-order valence-electron chi connectivity index (χ0n) is 14.0. The third-order valence-corrected chi connectivity index (χ3v) is 4.29. The average Bonchev–Trinajstić information content (AvgIpc) is 2.84. The highest BCUT2D eigenvalue weighted by Crippen LogP contribution is 2.26. The molecule has 5 heteroatoms. The van der Waals surface area contributed by atoms with Gasteiger partial charge in [-0.2, -0.15) is 0 Å². The molecule has 22 heavy (non-hydrogen) atoms. The second kappa shape index (κ2) is 8.70. The van der Waals surface area contributed by atoms with Gasteiger partial charge in [0.05, 0.1) is 18.6 Å². The molecule has 1 fully saturated rings. The molecule has 126 valence electrons. The van der Waals surface area contributed by atoms with E-state index in [-0.39, 0.29) is 17.5 Å². The summed E-state index contributed by atoms with van der Waals surface area (Å²) in [5.41, 5.74) is 1.86. The van der Waals surface area contributed by atoms with Gasteiger partial charge in [0.1, 0.15) is 6.10 Å². The van der Waals surface area contributed by atoms with Crippen molar-refractivity contribution in [3.8, 4) is 0 Å². The van der Waals surface area contributed by atoms with Gasteiger partial charge >= 0.3 is 5.97 Å². The summed E-state index contributed by atoms with van der Waals surface area (Å²) >= 11 is 6.24. The molecule has 2 atom stereocenters. The van der Waals surface area contributed by atoms with Crippen LogP contribution in [0.25, 0.3) is 0 Å². The second-order valence-electron chi connectivity index (χ2n) is 5.97. The maximum atomic E-state index is 11.3. The van der Waals surface area contributed by atoms with E-state index in [1.165, 1.54) is 6.92 Å². The average molecular weight is 331 g/mol. The summed E-state index contributed by atoms with van der Waals surface area (Å²) in [5.74, 6) is -0.807. The summed E-state index contributed by atoms with van der Waals surface area (Å²) in [6.07, 6.45) is 3.83. The molecule has 1 rings (SSSR count). The van der Waals surface area contributed by atoms with Crippen molar-refractivity contribution in [2.75, 3.05) is 13.2 Å². The highest BCUT2D eigenvalue weighted by Gasteiger charge is 2.30. The van der Waals surface area contributed by atoms with E-state index >= 15 is 0 Å². The van der Waals surface area contributed by atoms with Crippen LogP contribution in [0.1, 0.15) is 47.0 Å². The van der Waals surface area contributed by atoms with Gasteiger partial charge in [0, 0.05) is 19.8 Å². The molecule has 0 radical (unpaired) electrons. The third kappa shape index (κ3) is 6.51. The van der Waals surface area contributed by atoms with Crippen LogP contribution in [0.4, 0.5) is 0 Å². The molecule has 1 heterocycles. The summed E-state index contributed by atoms with van der Waals surface area (Å²) < 4.78 is 16.5. The monoisotopic (exact) mass is 330 g/mol. The smallest absolute Gasteiger partial charge is 0.303 e. The lowest BCUT2D eigenvalue weighted by Crippen LogP contribution is -2.25. The zero-order chi connectivity index (χ0) is 16.8. The first-order valence-corrected chi connectivity index (χ1v) is 8.08. The predicted molar refractivity (Wildman–Crippen MR) is 87.9 cm³/mol. The largest absolute Gasteiger partial charge is 0.458 e. The highest BCUT2D eigenvalue weighted by atomic mass is 35.5. The fourth-order valence-electron chi connectivity index (χ4n) is 2.31. The lowest BCUT2D eigenvalue weighted by atomic mass is 10.0. The molecule has 2 unspecified atom stereocenters. The van der Waals surface area contributed by atoms with Crippen molar-refractivity contribution in [2.45, 2.75) is 64.2 Å². The van der Waals surface area contributed by atoms with Crippen LogP contribution in [0.2, 0.25) is 0 Å². The Morgan fingerprint density at radius 3 is 2.45 bits per heavy atom. The minimum Gasteiger partial charge on any atom is -0.458 e. The van der Waals surface area contributed by atoms with Gasteiger partial charge in [-0.1, -0.05) is 18.2 Å². The van der Waals surface area contributed by atoms with Gasteiger partial charge < -0.3 is 14.2 Å². The first kappa shape index (κ1) is 19.2. The summed E-state index contributed by atoms with van der Waals surface area (Å²) in [6.45, 7) is 12.3. The maximum absolute atomic E-state index is 11.3. The standard InChI is InChI=1S/C17H27ClO4/c1-12(2)15(18)11-16(22-14(4)19)13(3)7-6-8-17(5)20-9-10-21-17/h7,15-16H,1,6,8-11H2,2-5H3/b13-7+. The van der Waals surface area contributed by atoms with Crippen LogP contribution < -0.4 is 0 Å². The van der Waals surface area contributed by atoms with Crippen LogP contribution in [0.15, 0.2) is 23.8 Å². The summed E-state index contributed by atoms with van der Waals surface area (Å²) in [5, 5.41) is -0.216. The van der Waals surface area contributed by atoms with E-state index in [2.05, 4.69) is 12.7 Å². The van der Waals surface area contributed by atoms with E-state index in [0.29, 0.717) is 19.6 Å².